The molecule has 1 heterocycles. The number of hydrogen-bond acceptors (Lipinski definition) is 2. The van der Waals surface area contributed by atoms with Crippen molar-refractivity contribution in [1.29, 1.82) is 0 Å². The summed E-state index contributed by atoms with van der Waals surface area (Å²) in [4.78, 5) is 13.8. The standard InChI is InChI=1S/C20H26F6N2O2/c1-17(2,3)18(10-6-7-11-28(18)16(29)30)27(13-19(21,22)23)12-14-8-4-5-9-15(14)20(24,25)26/h4-5,8-9H,6-7,10-13H2,1-3H3,(H,29,30). The first-order chi connectivity index (χ1) is 13.6. The molecule has 1 atom stereocenters. The number of carboxylic acid groups (broad SMARTS) is 1. The maximum atomic E-state index is 13.6. The minimum absolute atomic E-state index is 0.0158. The van der Waals surface area contributed by atoms with Crippen LogP contribution in [0.4, 0.5) is 31.1 Å². The number of nitrogens with zero attached hydrogens (tertiary/aromatic N) is 2. The first-order valence-electron chi connectivity index (χ1n) is 9.57. The van der Waals surface area contributed by atoms with Crippen LogP contribution in [0.2, 0.25) is 0 Å². The average Bonchev–Trinajstić information content (AvgIpc) is 2.58. The van der Waals surface area contributed by atoms with E-state index in [-0.39, 0.29) is 18.5 Å². The highest BCUT2D eigenvalue weighted by atomic mass is 19.4. The number of alkyl halides is 6. The summed E-state index contributed by atoms with van der Waals surface area (Å²) in [6, 6.07) is 4.46. The molecule has 1 unspecified atom stereocenters. The highest BCUT2D eigenvalue weighted by Crippen LogP contribution is 2.47. The maximum Gasteiger partial charge on any atom is 0.416 e. The Morgan fingerprint density at radius 3 is 2.20 bits per heavy atom. The van der Waals surface area contributed by atoms with E-state index in [1.807, 2.05) is 0 Å². The smallest absolute Gasteiger partial charge is 0.416 e. The molecule has 0 bridgehead atoms. The highest BCUT2D eigenvalue weighted by Gasteiger charge is 2.56. The van der Waals surface area contributed by atoms with Crippen molar-refractivity contribution in [1.82, 2.24) is 9.80 Å². The number of likely N-dealkylation sites (tertiary alicyclic amines) is 1. The van der Waals surface area contributed by atoms with E-state index in [0.29, 0.717) is 12.8 Å². The van der Waals surface area contributed by atoms with E-state index in [1.165, 1.54) is 12.1 Å². The predicted molar refractivity (Wildman–Crippen MR) is 98.7 cm³/mol. The van der Waals surface area contributed by atoms with Gasteiger partial charge in [0.25, 0.3) is 0 Å². The van der Waals surface area contributed by atoms with E-state index in [0.717, 1.165) is 21.9 Å². The lowest BCUT2D eigenvalue weighted by atomic mass is 9.72. The molecule has 10 heteroatoms. The maximum absolute atomic E-state index is 13.6. The molecule has 1 aromatic rings. The second-order valence-electron chi connectivity index (χ2n) is 8.58. The zero-order chi connectivity index (χ0) is 23.0. The largest absolute Gasteiger partial charge is 0.465 e. The molecule has 0 aromatic heterocycles. The van der Waals surface area contributed by atoms with Gasteiger partial charge in [0.2, 0.25) is 0 Å². The van der Waals surface area contributed by atoms with Crippen LogP contribution in [0.1, 0.15) is 51.2 Å². The van der Waals surface area contributed by atoms with Crippen molar-refractivity contribution in [2.75, 3.05) is 13.1 Å². The summed E-state index contributed by atoms with van der Waals surface area (Å²) in [5.74, 6) is 0. The molecule has 0 spiro atoms. The second-order valence-corrected chi connectivity index (χ2v) is 8.58. The quantitative estimate of drug-likeness (QED) is 0.586. The van der Waals surface area contributed by atoms with Crippen LogP contribution in [-0.2, 0) is 12.7 Å². The molecule has 0 saturated carbocycles. The van der Waals surface area contributed by atoms with E-state index in [1.54, 1.807) is 20.8 Å². The van der Waals surface area contributed by atoms with Crippen molar-refractivity contribution in [3.05, 3.63) is 35.4 Å². The van der Waals surface area contributed by atoms with Gasteiger partial charge in [0.05, 0.1) is 12.1 Å². The van der Waals surface area contributed by atoms with Crippen LogP contribution >= 0.6 is 0 Å². The van der Waals surface area contributed by atoms with Gasteiger partial charge in [-0.05, 0) is 36.3 Å². The topological polar surface area (TPSA) is 43.8 Å². The van der Waals surface area contributed by atoms with Crippen LogP contribution in [0.3, 0.4) is 0 Å². The average molecular weight is 440 g/mol. The van der Waals surface area contributed by atoms with Gasteiger partial charge >= 0.3 is 18.4 Å². The molecule has 1 aliphatic rings. The van der Waals surface area contributed by atoms with Crippen LogP contribution in [-0.4, -0.2) is 45.9 Å². The van der Waals surface area contributed by atoms with E-state index >= 15 is 0 Å². The number of amides is 1. The second kappa shape index (κ2) is 8.28. The third-order valence-corrected chi connectivity index (χ3v) is 5.61. The number of carbonyl (C=O) groups is 1. The van der Waals surface area contributed by atoms with Gasteiger partial charge in [-0.2, -0.15) is 26.3 Å². The first kappa shape index (κ1) is 24.3. The van der Waals surface area contributed by atoms with Gasteiger partial charge in [-0.1, -0.05) is 39.0 Å². The monoisotopic (exact) mass is 440 g/mol. The van der Waals surface area contributed by atoms with Crippen LogP contribution in [0.5, 0.6) is 0 Å². The molecule has 1 aromatic carbocycles. The fraction of sp³-hybridized carbons (Fsp3) is 0.650. The van der Waals surface area contributed by atoms with Gasteiger partial charge in [-0.3, -0.25) is 9.80 Å². The lowest BCUT2D eigenvalue weighted by Crippen LogP contribution is -2.70. The van der Waals surface area contributed by atoms with Crippen molar-refractivity contribution >= 4 is 6.09 Å². The van der Waals surface area contributed by atoms with Crippen molar-refractivity contribution in [3.8, 4) is 0 Å². The molecule has 1 aliphatic heterocycles. The van der Waals surface area contributed by atoms with Crippen LogP contribution in [0.15, 0.2) is 24.3 Å². The van der Waals surface area contributed by atoms with Gasteiger partial charge in [-0.15, -0.1) is 0 Å². The van der Waals surface area contributed by atoms with Crippen LogP contribution in [0, 0.1) is 5.41 Å². The van der Waals surface area contributed by atoms with Gasteiger partial charge < -0.3 is 5.11 Å². The number of hydrogen-bond donors (Lipinski definition) is 1. The first-order valence-corrected chi connectivity index (χ1v) is 9.57. The summed E-state index contributed by atoms with van der Waals surface area (Å²) < 4.78 is 81.1. The predicted octanol–water partition coefficient (Wildman–Crippen LogP) is 5.98. The third kappa shape index (κ3) is 5.01. The van der Waals surface area contributed by atoms with E-state index in [4.69, 9.17) is 0 Å². The summed E-state index contributed by atoms with van der Waals surface area (Å²) in [7, 11) is 0. The zero-order valence-electron chi connectivity index (χ0n) is 17.1. The molecule has 1 saturated heterocycles. The lowest BCUT2D eigenvalue weighted by Gasteiger charge is -2.59. The number of piperidine rings is 1. The number of benzene rings is 1. The Labute approximate surface area is 171 Å². The Morgan fingerprint density at radius 2 is 1.70 bits per heavy atom. The summed E-state index contributed by atoms with van der Waals surface area (Å²) in [5, 5.41) is 9.77. The fourth-order valence-corrected chi connectivity index (χ4v) is 4.47. The van der Waals surface area contributed by atoms with E-state index in [2.05, 4.69) is 0 Å². The highest BCUT2D eigenvalue weighted by molar-refractivity contribution is 5.66. The Bertz CT molecular complexity index is 757. The van der Waals surface area contributed by atoms with Crippen molar-refractivity contribution in [2.24, 2.45) is 5.41 Å². The molecule has 1 amide bonds. The van der Waals surface area contributed by atoms with Crippen molar-refractivity contribution in [2.45, 2.75) is 64.6 Å². The minimum Gasteiger partial charge on any atom is -0.465 e. The molecule has 30 heavy (non-hydrogen) atoms. The Hall–Kier alpha value is -1.97. The Kier molecular flexibility index (Phi) is 6.71. The molecule has 1 fully saturated rings. The van der Waals surface area contributed by atoms with E-state index in [9.17, 15) is 36.2 Å². The molecular formula is C20H26F6N2O2. The van der Waals surface area contributed by atoms with Crippen molar-refractivity contribution in [3.63, 3.8) is 0 Å². The Morgan fingerprint density at radius 1 is 1.10 bits per heavy atom. The zero-order valence-corrected chi connectivity index (χ0v) is 17.1. The van der Waals surface area contributed by atoms with Crippen LogP contribution in [0.25, 0.3) is 0 Å². The molecule has 4 nitrogen and oxygen atoms in total. The minimum atomic E-state index is -4.74. The molecule has 170 valence electrons. The summed E-state index contributed by atoms with van der Waals surface area (Å²) >= 11 is 0. The molecular weight excluding hydrogens is 414 g/mol. The Balaban J connectivity index is 2.66. The molecule has 0 radical (unpaired) electrons. The summed E-state index contributed by atoms with van der Waals surface area (Å²) in [5.41, 5.74) is -3.97. The van der Waals surface area contributed by atoms with Gasteiger partial charge in [-0.25, -0.2) is 4.79 Å². The van der Waals surface area contributed by atoms with Gasteiger partial charge in [0, 0.05) is 13.1 Å². The molecule has 0 aliphatic carbocycles. The number of halogens is 6. The normalized spacial score (nSPS) is 21.2. The fourth-order valence-electron chi connectivity index (χ4n) is 4.47. The van der Waals surface area contributed by atoms with E-state index < -0.39 is 48.2 Å². The molecule has 1 N–H and O–H groups in total. The third-order valence-electron chi connectivity index (χ3n) is 5.61. The van der Waals surface area contributed by atoms with Crippen LogP contribution < -0.4 is 0 Å². The summed E-state index contributed by atoms with van der Waals surface area (Å²) in [6.45, 7) is 2.66. The number of rotatable bonds is 4. The lowest BCUT2D eigenvalue weighted by molar-refractivity contribution is -0.207. The summed E-state index contributed by atoms with van der Waals surface area (Å²) in [6.07, 6.45) is -9.82. The SMILES string of the molecule is CC(C)(C)C1(N(Cc2ccccc2C(F)(F)F)CC(F)(F)F)CCCCN1C(=O)O. The van der Waals surface area contributed by atoms with Gasteiger partial charge in [0.1, 0.15) is 5.66 Å². The van der Waals surface area contributed by atoms with Crippen molar-refractivity contribution < 1.29 is 36.2 Å². The van der Waals surface area contributed by atoms with Gasteiger partial charge in [0.15, 0.2) is 0 Å². The molecule has 2 rings (SSSR count).